The van der Waals surface area contributed by atoms with Crippen LogP contribution in [0.15, 0.2) is 152 Å². The van der Waals surface area contributed by atoms with Crippen LogP contribution in [0.25, 0.3) is 0 Å². The molecule has 1 radical (unpaired) electrons. The summed E-state index contributed by atoms with van der Waals surface area (Å²) in [7, 11) is -0.854. The van der Waals surface area contributed by atoms with Gasteiger partial charge >= 0.3 is 0 Å². The summed E-state index contributed by atoms with van der Waals surface area (Å²) in [4.78, 5) is 2.73. The molecule has 5 aromatic carbocycles. The van der Waals surface area contributed by atoms with Gasteiger partial charge in [0.1, 0.15) is 0 Å². The SMILES string of the molecule is C[C@H](c1ccccc1)N(CCP(c1ccccc1)c1ccccc1)CCP(c1ccccc1)c1ccccc1.[Ir]. The van der Waals surface area contributed by atoms with E-state index in [1.807, 2.05) is 0 Å². The first-order valence-corrected chi connectivity index (χ1v) is 16.9. The van der Waals surface area contributed by atoms with Crippen molar-refractivity contribution >= 4 is 37.1 Å². The van der Waals surface area contributed by atoms with Gasteiger partial charge in [-0.3, -0.25) is 4.90 Å². The van der Waals surface area contributed by atoms with Crippen molar-refractivity contribution in [2.75, 3.05) is 25.4 Å². The van der Waals surface area contributed by atoms with Gasteiger partial charge in [-0.25, -0.2) is 0 Å². The van der Waals surface area contributed by atoms with E-state index in [1.54, 1.807) is 0 Å². The van der Waals surface area contributed by atoms with E-state index in [4.69, 9.17) is 0 Å². The molecule has 0 unspecified atom stereocenters. The van der Waals surface area contributed by atoms with Crippen LogP contribution in [0.4, 0.5) is 0 Å². The molecular formula is C36H37IrNP2. The molecule has 0 fully saturated rings. The summed E-state index contributed by atoms with van der Waals surface area (Å²) in [5, 5.41) is 5.84. The van der Waals surface area contributed by atoms with E-state index in [0.717, 1.165) is 25.4 Å². The van der Waals surface area contributed by atoms with Crippen LogP contribution in [-0.4, -0.2) is 30.3 Å². The summed E-state index contributed by atoms with van der Waals surface area (Å²) in [5.41, 5.74) is 1.39. The quantitative estimate of drug-likeness (QED) is 0.122. The zero-order chi connectivity index (χ0) is 26.7. The van der Waals surface area contributed by atoms with Crippen LogP contribution in [0.3, 0.4) is 0 Å². The predicted molar refractivity (Wildman–Crippen MR) is 174 cm³/mol. The van der Waals surface area contributed by atoms with E-state index in [-0.39, 0.29) is 20.1 Å². The molecule has 1 nitrogen and oxygen atoms in total. The van der Waals surface area contributed by atoms with Gasteiger partial charge in [-0.2, -0.15) is 0 Å². The van der Waals surface area contributed by atoms with E-state index >= 15 is 0 Å². The van der Waals surface area contributed by atoms with Gasteiger partial charge in [-0.15, -0.1) is 0 Å². The molecule has 0 N–H and O–H groups in total. The molecule has 0 saturated carbocycles. The second-order valence-electron chi connectivity index (χ2n) is 9.77. The van der Waals surface area contributed by atoms with Crippen molar-refractivity contribution in [1.29, 1.82) is 0 Å². The molecule has 0 amide bonds. The van der Waals surface area contributed by atoms with E-state index in [2.05, 4.69) is 163 Å². The average Bonchev–Trinajstić information content (AvgIpc) is 3.02. The average molecular weight is 738 g/mol. The Bertz CT molecular complexity index is 1200. The third-order valence-electron chi connectivity index (χ3n) is 7.32. The summed E-state index contributed by atoms with van der Waals surface area (Å²) in [6, 6.07) is 55.9. The molecule has 0 aliphatic heterocycles. The van der Waals surface area contributed by atoms with Crippen molar-refractivity contribution in [2.24, 2.45) is 0 Å². The van der Waals surface area contributed by atoms with E-state index in [0.29, 0.717) is 6.04 Å². The van der Waals surface area contributed by atoms with Gasteiger partial charge in [0.25, 0.3) is 0 Å². The largest absolute Gasteiger partial charge is 0.296 e. The molecule has 0 heterocycles. The van der Waals surface area contributed by atoms with E-state index in [9.17, 15) is 0 Å². The van der Waals surface area contributed by atoms with Gasteiger partial charge in [0.05, 0.1) is 0 Å². The molecule has 0 aliphatic carbocycles. The van der Waals surface area contributed by atoms with Gasteiger partial charge in [-0.1, -0.05) is 152 Å². The maximum atomic E-state index is 2.73. The van der Waals surface area contributed by atoms with Gasteiger partial charge in [0.15, 0.2) is 0 Å². The molecule has 4 heteroatoms. The Morgan fingerprint density at radius 2 is 0.725 bits per heavy atom. The predicted octanol–water partition coefficient (Wildman–Crippen LogP) is 7.31. The Balaban J connectivity index is 0.00000370. The Kier molecular flexibility index (Phi) is 12.3. The van der Waals surface area contributed by atoms with Crippen LogP contribution in [-0.2, 0) is 20.1 Å². The van der Waals surface area contributed by atoms with Crippen LogP contribution >= 0.6 is 15.8 Å². The number of rotatable bonds is 12. The minimum absolute atomic E-state index is 0. The second-order valence-corrected chi connectivity index (χ2v) is 14.4. The van der Waals surface area contributed by atoms with Crippen LogP contribution in [0.1, 0.15) is 18.5 Å². The smallest absolute Gasteiger partial charge is 0.0320 e. The van der Waals surface area contributed by atoms with Crippen LogP contribution in [0.5, 0.6) is 0 Å². The Morgan fingerprint density at radius 1 is 0.450 bits per heavy atom. The maximum Gasteiger partial charge on any atom is 0.0320 e. The Hall–Kier alpha value is -2.43. The molecule has 0 aliphatic rings. The molecule has 0 saturated heterocycles. The second kappa shape index (κ2) is 16.1. The van der Waals surface area contributed by atoms with Gasteiger partial charge in [0, 0.05) is 39.2 Å². The fourth-order valence-corrected chi connectivity index (χ4v) is 9.82. The Labute approximate surface area is 256 Å². The number of hydrogen-bond acceptors (Lipinski definition) is 1. The molecule has 40 heavy (non-hydrogen) atoms. The summed E-state index contributed by atoms with van der Waals surface area (Å²) < 4.78 is 0. The molecule has 0 bridgehead atoms. The summed E-state index contributed by atoms with van der Waals surface area (Å²) in [6.07, 6.45) is 2.30. The molecule has 205 valence electrons. The molecule has 0 spiro atoms. The monoisotopic (exact) mass is 738 g/mol. The third kappa shape index (κ3) is 8.30. The van der Waals surface area contributed by atoms with Gasteiger partial charge in [-0.05, 0) is 61.9 Å². The number of hydrogen-bond donors (Lipinski definition) is 0. The first-order valence-electron chi connectivity index (χ1n) is 13.8. The van der Waals surface area contributed by atoms with Gasteiger partial charge < -0.3 is 0 Å². The van der Waals surface area contributed by atoms with E-state index in [1.165, 1.54) is 26.8 Å². The zero-order valence-corrected chi connectivity index (χ0v) is 27.2. The van der Waals surface area contributed by atoms with Crippen molar-refractivity contribution in [3.8, 4) is 0 Å². The van der Waals surface area contributed by atoms with Crippen LogP contribution in [0, 0.1) is 0 Å². The zero-order valence-electron chi connectivity index (χ0n) is 23.0. The third-order valence-corrected chi connectivity index (χ3v) is 12.3. The molecular weight excluding hydrogens is 701 g/mol. The minimum Gasteiger partial charge on any atom is -0.296 e. The first kappa shape index (κ1) is 30.5. The first-order chi connectivity index (χ1) is 19.3. The van der Waals surface area contributed by atoms with Crippen LogP contribution < -0.4 is 21.2 Å². The fraction of sp³-hybridized carbons (Fsp3) is 0.167. The fourth-order valence-electron chi connectivity index (χ4n) is 5.14. The normalized spacial score (nSPS) is 11.9. The van der Waals surface area contributed by atoms with Crippen molar-refractivity contribution < 1.29 is 20.1 Å². The van der Waals surface area contributed by atoms with Crippen molar-refractivity contribution in [1.82, 2.24) is 4.90 Å². The van der Waals surface area contributed by atoms with Crippen molar-refractivity contribution in [3.05, 3.63) is 157 Å². The Morgan fingerprint density at radius 3 is 1.02 bits per heavy atom. The number of nitrogens with zero attached hydrogens (tertiary/aromatic N) is 1. The van der Waals surface area contributed by atoms with Crippen molar-refractivity contribution in [2.45, 2.75) is 13.0 Å². The molecule has 5 aromatic rings. The maximum absolute atomic E-state index is 2.73. The summed E-state index contributed by atoms with van der Waals surface area (Å²) in [5.74, 6) is 0. The summed E-state index contributed by atoms with van der Waals surface area (Å²) in [6.45, 7) is 4.52. The van der Waals surface area contributed by atoms with E-state index < -0.39 is 15.8 Å². The van der Waals surface area contributed by atoms with Crippen LogP contribution in [0.2, 0.25) is 0 Å². The standard InChI is InChI=1S/C36H37NP2.Ir/c1-31(32-17-7-2-8-18-32)37(27-29-38(33-19-9-3-10-20-33)34-21-11-4-12-22-34)28-30-39(35-23-13-5-14-24-35)36-25-15-6-16-26-36;/h2-26,31H,27-30H2,1H3;/t31-;/m1./s1. The molecule has 0 aromatic heterocycles. The number of benzene rings is 5. The molecule has 5 rings (SSSR count). The van der Waals surface area contributed by atoms with Gasteiger partial charge in [0.2, 0.25) is 0 Å². The molecule has 1 atom stereocenters. The summed E-state index contributed by atoms with van der Waals surface area (Å²) >= 11 is 0. The van der Waals surface area contributed by atoms with Crippen molar-refractivity contribution in [3.63, 3.8) is 0 Å². The topological polar surface area (TPSA) is 3.24 Å². The minimum atomic E-state index is -0.427.